The SMILES string of the molecule is O=[N+]([O-])Nc1ccc2cc(O)cc(S(=O)(=O)O)c2c1. The first-order valence-electron chi connectivity index (χ1n) is 4.93. The Labute approximate surface area is 107 Å². The van der Waals surface area contributed by atoms with Crippen LogP contribution in [0.15, 0.2) is 35.2 Å². The Bertz CT molecular complexity index is 771. The quantitative estimate of drug-likeness (QED) is 0.441. The van der Waals surface area contributed by atoms with E-state index < -0.39 is 20.0 Å². The summed E-state index contributed by atoms with van der Waals surface area (Å²) in [6, 6.07) is 6.07. The highest BCUT2D eigenvalue weighted by atomic mass is 32.2. The average molecular weight is 284 g/mol. The van der Waals surface area contributed by atoms with Crippen molar-refractivity contribution in [2.45, 2.75) is 4.90 Å². The maximum Gasteiger partial charge on any atom is 0.295 e. The minimum absolute atomic E-state index is 0.0492. The lowest BCUT2D eigenvalue weighted by atomic mass is 10.1. The van der Waals surface area contributed by atoms with Crippen molar-refractivity contribution in [3.05, 3.63) is 40.4 Å². The number of hydrazine groups is 1. The zero-order valence-corrected chi connectivity index (χ0v) is 10.1. The zero-order chi connectivity index (χ0) is 14.2. The molecule has 0 spiro atoms. The molecule has 3 N–H and O–H groups in total. The summed E-state index contributed by atoms with van der Waals surface area (Å²) < 4.78 is 31.5. The summed E-state index contributed by atoms with van der Waals surface area (Å²) in [4.78, 5) is 9.81. The van der Waals surface area contributed by atoms with E-state index in [-0.39, 0.29) is 16.8 Å². The summed E-state index contributed by atoms with van der Waals surface area (Å²) in [5.74, 6) is -0.338. The fraction of sp³-hybridized carbons (Fsp3) is 0. The van der Waals surface area contributed by atoms with Crippen molar-refractivity contribution in [2.24, 2.45) is 0 Å². The second-order valence-electron chi connectivity index (χ2n) is 3.72. The molecule has 0 unspecified atom stereocenters. The third kappa shape index (κ3) is 2.72. The van der Waals surface area contributed by atoms with Gasteiger partial charge in [0.25, 0.3) is 10.1 Å². The number of anilines is 1. The fourth-order valence-electron chi connectivity index (χ4n) is 1.70. The number of nitro groups is 1. The molecule has 0 aromatic heterocycles. The largest absolute Gasteiger partial charge is 0.508 e. The van der Waals surface area contributed by atoms with Crippen molar-refractivity contribution in [3.63, 3.8) is 0 Å². The molecule has 0 heterocycles. The van der Waals surface area contributed by atoms with Gasteiger partial charge in [0.15, 0.2) is 5.03 Å². The van der Waals surface area contributed by atoms with Gasteiger partial charge in [-0.15, -0.1) is 5.43 Å². The van der Waals surface area contributed by atoms with Crippen LogP contribution in [0.2, 0.25) is 0 Å². The number of benzene rings is 2. The third-order valence-electron chi connectivity index (χ3n) is 2.40. The molecule has 100 valence electrons. The van der Waals surface area contributed by atoms with E-state index in [1.807, 2.05) is 5.43 Å². The molecule has 0 aliphatic rings. The molecule has 9 heteroatoms. The highest BCUT2D eigenvalue weighted by Crippen LogP contribution is 2.30. The molecule has 2 rings (SSSR count). The van der Waals surface area contributed by atoms with Crippen LogP contribution in [0.4, 0.5) is 5.69 Å². The van der Waals surface area contributed by atoms with Gasteiger partial charge in [0.1, 0.15) is 16.3 Å². The summed E-state index contributed by atoms with van der Waals surface area (Å²) in [5.41, 5.74) is 1.92. The van der Waals surface area contributed by atoms with Crippen LogP contribution in [-0.2, 0) is 10.1 Å². The molecular formula is C10H8N2O6S. The van der Waals surface area contributed by atoms with Gasteiger partial charge in [0.2, 0.25) is 0 Å². The molecule has 0 aliphatic heterocycles. The van der Waals surface area contributed by atoms with E-state index in [4.69, 9.17) is 4.55 Å². The van der Waals surface area contributed by atoms with Crippen LogP contribution in [0.1, 0.15) is 0 Å². The lowest BCUT2D eigenvalue weighted by Gasteiger charge is -2.06. The molecule has 8 nitrogen and oxygen atoms in total. The van der Waals surface area contributed by atoms with E-state index in [0.29, 0.717) is 5.39 Å². The molecule has 0 atom stereocenters. The summed E-state index contributed by atoms with van der Waals surface area (Å²) >= 11 is 0. The summed E-state index contributed by atoms with van der Waals surface area (Å²) in [5, 5.41) is 19.3. The van der Waals surface area contributed by atoms with Crippen molar-refractivity contribution < 1.29 is 23.1 Å². The highest BCUT2D eigenvalue weighted by molar-refractivity contribution is 7.86. The minimum Gasteiger partial charge on any atom is -0.508 e. The number of aromatic hydroxyl groups is 1. The molecule has 19 heavy (non-hydrogen) atoms. The molecule has 0 radical (unpaired) electrons. The first-order valence-corrected chi connectivity index (χ1v) is 6.37. The number of rotatable bonds is 3. The molecule has 2 aromatic rings. The Balaban J connectivity index is 2.76. The highest BCUT2D eigenvalue weighted by Gasteiger charge is 2.16. The van der Waals surface area contributed by atoms with Crippen molar-refractivity contribution in [2.75, 3.05) is 5.43 Å². The number of nitrogens with zero attached hydrogens (tertiary/aromatic N) is 1. The molecule has 0 amide bonds. The van der Waals surface area contributed by atoms with E-state index in [9.17, 15) is 23.6 Å². The van der Waals surface area contributed by atoms with Crippen molar-refractivity contribution >= 4 is 26.6 Å². The Morgan fingerprint density at radius 2 is 1.89 bits per heavy atom. The van der Waals surface area contributed by atoms with Crippen LogP contribution in [-0.4, -0.2) is 23.1 Å². The summed E-state index contributed by atoms with van der Waals surface area (Å²) in [7, 11) is -4.55. The van der Waals surface area contributed by atoms with Gasteiger partial charge in [-0.25, -0.2) is 10.1 Å². The minimum atomic E-state index is -4.55. The summed E-state index contributed by atoms with van der Waals surface area (Å²) in [6.45, 7) is 0. The van der Waals surface area contributed by atoms with E-state index in [0.717, 1.165) is 6.07 Å². The smallest absolute Gasteiger partial charge is 0.295 e. The van der Waals surface area contributed by atoms with E-state index in [1.54, 1.807) is 0 Å². The van der Waals surface area contributed by atoms with Crippen LogP contribution in [0, 0.1) is 10.1 Å². The van der Waals surface area contributed by atoms with Gasteiger partial charge in [-0.2, -0.15) is 8.42 Å². The Morgan fingerprint density at radius 3 is 2.47 bits per heavy atom. The van der Waals surface area contributed by atoms with Crippen LogP contribution < -0.4 is 5.43 Å². The van der Waals surface area contributed by atoms with Crippen LogP contribution in [0.25, 0.3) is 10.8 Å². The van der Waals surface area contributed by atoms with Gasteiger partial charge >= 0.3 is 0 Å². The van der Waals surface area contributed by atoms with Crippen LogP contribution >= 0.6 is 0 Å². The number of phenolic OH excluding ortho intramolecular Hbond substituents is 1. The average Bonchev–Trinajstić information content (AvgIpc) is 2.26. The van der Waals surface area contributed by atoms with Crippen molar-refractivity contribution in [1.82, 2.24) is 0 Å². The molecule has 0 fully saturated rings. The van der Waals surface area contributed by atoms with Crippen molar-refractivity contribution in [1.29, 1.82) is 0 Å². The fourth-order valence-corrected chi connectivity index (χ4v) is 2.42. The number of phenols is 1. The molecule has 0 bridgehead atoms. The number of nitrogens with one attached hydrogen (secondary N) is 1. The monoisotopic (exact) mass is 284 g/mol. The normalized spacial score (nSPS) is 11.4. The lowest BCUT2D eigenvalue weighted by Crippen LogP contribution is -2.07. The predicted octanol–water partition coefficient (Wildman–Crippen LogP) is 1.40. The molecule has 0 aliphatic carbocycles. The Morgan fingerprint density at radius 1 is 1.21 bits per heavy atom. The first-order chi connectivity index (χ1) is 8.77. The topological polar surface area (TPSA) is 130 Å². The second-order valence-corrected chi connectivity index (χ2v) is 5.11. The molecule has 2 aromatic carbocycles. The summed E-state index contributed by atoms with van der Waals surface area (Å²) in [6.07, 6.45) is 0. The van der Waals surface area contributed by atoms with Crippen molar-refractivity contribution in [3.8, 4) is 5.75 Å². The van der Waals surface area contributed by atoms with E-state index in [2.05, 4.69) is 0 Å². The maximum atomic E-state index is 11.2. The third-order valence-corrected chi connectivity index (χ3v) is 3.29. The van der Waals surface area contributed by atoms with E-state index in [1.165, 1.54) is 24.3 Å². The van der Waals surface area contributed by atoms with E-state index >= 15 is 0 Å². The van der Waals surface area contributed by atoms with Gasteiger partial charge < -0.3 is 5.11 Å². The Hall–Kier alpha value is -2.39. The van der Waals surface area contributed by atoms with Gasteiger partial charge in [0.05, 0.1) is 0 Å². The van der Waals surface area contributed by atoms with Gasteiger partial charge in [-0.1, -0.05) is 6.07 Å². The van der Waals surface area contributed by atoms with Crippen LogP contribution in [0.3, 0.4) is 0 Å². The molecular weight excluding hydrogens is 276 g/mol. The number of hydrogen-bond donors (Lipinski definition) is 3. The Kier molecular flexibility index (Phi) is 3.00. The lowest BCUT2D eigenvalue weighted by molar-refractivity contribution is -0.445. The van der Waals surface area contributed by atoms with Gasteiger partial charge in [-0.05, 0) is 23.6 Å². The molecule has 0 saturated carbocycles. The number of fused-ring (bicyclic) bond motifs is 1. The van der Waals surface area contributed by atoms with Crippen LogP contribution in [0.5, 0.6) is 5.75 Å². The zero-order valence-electron chi connectivity index (χ0n) is 9.27. The first kappa shape index (κ1) is 13.1. The maximum absolute atomic E-state index is 11.2. The van der Waals surface area contributed by atoms with Gasteiger partial charge in [0, 0.05) is 11.5 Å². The standard InChI is InChI=1S/C10H8N2O6S/c13-8-3-6-1-2-7(11-12(14)15)4-9(6)10(5-8)19(16,17)18/h1-5,11,13H,(H,16,17,18). The number of hydrogen-bond acceptors (Lipinski definition) is 5. The molecule has 0 saturated heterocycles. The predicted molar refractivity (Wildman–Crippen MR) is 66.0 cm³/mol. The van der Waals surface area contributed by atoms with Gasteiger partial charge in [-0.3, -0.25) is 4.55 Å². The second kappa shape index (κ2) is 4.37.